The summed E-state index contributed by atoms with van der Waals surface area (Å²) in [6.45, 7) is 1.92. The summed E-state index contributed by atoms with van der Waals surface area (Å²) in [4.78, 5) is 20.6. The van der Waals surface area contributed by atoms with E-state index < -0.39 is 30.8 Å². The molecule has 45 heavy (non-hydrogen) atoms. The Balaban J connectivity index is 1.22. The van der Waals surface area contributed by atoms with Gasteiger partial charge in [0.2, 0.25) is 11.0 Å². The number of hydrogen-bond acceptors (Lipinski definition) is 8. The highest BCUT2D eigenvalue weighted by molar-refractivity contribution is 8.10. The van der Waals surface area contributed by atoms with Crippen molar-refractivity contribution in [1.29, 1.82) is 0 Å². The van der Waals surface area contributed by atoms with Gasteiger partial charge >= 0.3 is 0 Å². The molecule has 2 atom stereocenters. The molecule has 236 valence electrons. The smallest absolute Gasteiger partial charge is 0.279 e. The Labute approximate surface area is 274 Å². The number of carbonyl (C=O) groups excluding carboxylic acids is 1. The number of anilines is 2. The number of halogens is 3. The molecule has 15 heteroatoms. The summed E-state index contributed by atoms with van der Waals surface area (Å²) in [6, 6.07) is 14.6. The van der Waals surface area contributed by atoms with Crippen molar-refractivity contribution in [2.45, 2.75) is 41.0 Å². The first kappa shape index (κ1) is 31.9. The van der Waals surface area contributed by atoms with Gasteiger partial charge < -0.3 is 4.90 Å². The SMILES string of the molecule is O=C1[C@@H](N2CCC[C@H](c3cc(Cl)cc(Cl)c3)C2)CCN1c1ccc(S(=O)(=O)N(c2nccs2)S(=O)(=O)c2ccc(F)cc2)cc1. The summed E-state index contributed by atoms with van der Waals surface area (Å²) in [7, 11) is -9.38. The van der Waals surface area contributed by atoms with Crippen LogP contribution in [0.2, 0.25) is 10.0 Å². The maximum atomic E-state index is 13.8. The van der Waals surface area contributed by atoms with E-state index in [0.717, 1.165) is 60.6 Å². The number of rotatable bonds is 8. The molecule has 2 aliphatic rings. The van der Waals surface area contributed by atoms with Gasteiger partial charge in [-0.05, 0) is 104 Å². The molecule has 2 fully saturated rings. The molecule has 0 bridgehead atoms. The lowest BCUT2D eigenvalue weighted by Gasteiger charge is -2.36. The number of aromatic nitrogens is 1. The van der Waals surface area contributed by atoms with Gasteiger partial charge in [0.15, 0.2) is 0 Å². The minimum Gasteiger partial charge on any atom is -0.311 e. The van der Waals surface area contributed by atoms with Crippen LogP contribution < -0.4 is 8.61 Å². The van der Waals surface area contributed by atoms with Crippen LogP contribution >= 0.6 is 34.5 Å². The molecule has 1 amide bonds. The summed E-state index contributed by atoms with van der Waals surface area (Å²) in [6.07, 6.45) is 3.77. The Morgan fingerprint density at radius 1 is 0.867 bits per heavy atom. The fraction of sp³-hybridized carbons (Fsp3) is 0.267. The van der Waals surface area contributed by atoms with Crippen molar-refractivity contribution in [3.8, 4) is 0 Å². The van der Waals surface area contributed by atoms with E-state index in [1.807, 2.05) is 12.1 Å². The fourth-order valence-corrected chi connectivity index (χ4v) is 11.1. The van der Waals surface area contributed by atoms with Crippen LogP contribution in [0.25, 0.3) is 0 Å². The molecule has 9 nitrogen and oxygen atoms in total. The zero-order chi connectivity index (χ0) is 31.9. The zero-order valence-corrected chi connectivity index (χ0v) is 27.6. The number of nitrogens with zero attached hydrogens (tertiary/aromatic N) is 4. The van der Waals surface area contributed by atoms with Crippen LogP contribution in [0.15, 0.2) is 88.1 Å². The quantitative estimate of drug-likeness (QED) is 0.216. The third-order valence-corrected chi connectivity index (χ3v) is 13.6. The van der Waals surface area contributed by atoms with Crippen molar-refractivity contribution in [2.24, 2.45) is 0 Å². The van der Waals surface area contributed by atoms with Crippen molar-refractivity contribution in [1.82, 2.24) is 9.88 Å². The van der Waals surface area contributed by atoms with E-state index in [9.17, 15) is 26.0 Å². The molecule has 0 saturated carbocycles. The number of carbonyl (C=O) groups is 1. The van der Waals surface area contributed by atoms with Gasteiger partial charge in [0.25, 0.3) is 20.0 Å². The molecule has 0 radical (unpaired) electrons. The van der Waals surface area contributed by atoms with Gasteiger partial charge in [0.1, 0.15) is 5.82 Å². The van der Waals surface area contributed by atoms with E-state index in [2.05, 4.69) is 9.88 Å². The number of thiazole rings is 1. The second-order valence-corrected chi connectivity index (χ2v) is 16.4. The highest BCUT2D eigenvalue weighted by atomic mass is 35.5. The van der Waals surface area contributed by atoms with E-state index in [0.29, 0.717) is 35.2 Å². The summed E-state index contributed by atoms with van der Waals surface area (Å²) in [5, 5.41) is 2.31. The monoisotopic (exact) mass is 708 g/mol. The van der Waals surface area contributed by atoms with Gasteiger partial charge in [-0.1, -0.05) is 23.2 Å². The van der Waals surface area contributed by atoms with E-state index in [1.54, 1.807) is 11.0 Å². The first-order valence-electron chi connectivity index (χ1n) is 14.0. The molecule has 0 aliphatic carbocycles. The summed E-state index contributed by atoms with van der Waals surface area (Å²) >= 11 is 13.3. The molecule has 4 aromatic rings. The Kier molecular flexibility index (Phi) is 8.94. The van der Waals surface area contributed by atoms with Crippen LogP contribution in [0.4, 0.5) is 15.2 Å². The number of hydrogen-bond donors (Lipinski definition) is 0. The third-order valence-electron chi connectivity index (χ3n) is 8.00. The fourth-order valence-electron chi connectivity index (χ4n) is 5.87. The molecule has 2 aliphatic heterocycles. The molecular formula is C30H27Cl2FN4O5S3. The maximum absolute atomic E-state index is 13.8. The number of sulfonamides is 2. The zero-order valence-electron chi connectivity index (χ0n) is 23.6. The Hall–Kier alpha value is -3.07. The third kappa shape index (κ3) is 6.34. The molecule has 3 aromatic carbocycles. The summed E-state index contributed by atoms with van der Waals surface area (Å²) in [5.74, 6) is -0.565. The molecule has 0 N–H and O–H groups in total. The standard InChI is InChI=1S/C30H27Cl2FN4O5S3/c31-22-16-21(17-23(32)18-22)20-2-1-13-35(19-20)28-11-14-36(29(28)38)25-5-9-27(10-6-25)45(41,42)37(30-34-12-15-43-30)44(39,40)26-7-3-24(33)4-8-26/h3-10,12,15-18,20,28H,1-2,11,13-14,19H2/t20-,28-/m0/s1. The first-order valence-corrected chi connectivity index (χ1v) is 18.5. The highest BCUT2D eigenvalue weighted by Gasteiger charge is 2.41. The number of piperidine rings is 1. The maximum Gasteiger partial charge on any atom is 0.279 e. The molecular weight excluding hydrogens is 682 g/mol. The highest BCUT2D eigenvalue weighted by Crippen LogP contribution is 2.36. The summed E-state index contributed by atoms with van der Waals surface area (Å²) < 4.78 is 68.4. The van der Waals surface area contributed by atoms with Crippen molar-refractivity contribution in [3.05, 3.63) is 99.7 Å². The van der Waals surface area contributed by atoms with E-state index in [1.165, 1.54) is 35.8 Å². The van der Waals surface area contributed by atoms with Crippen LogP contribution in [0.3, 0.4) is 0 Å². The Morgan fingerprint density at radius 3 is 2.09 bits per heavy atom. The van der Waals surface area contributed by atoms with E-state index in [4.69, 9.17) is 23.2 Å². The first-order chi connectivity index (χ1) is 21.4. The molecule has 6 rings (SSSR count). The molecule has 0 unspecified atom stereocenters. The van der Waals surface area contributed by atoms with Crippen molar-refractivity contribution >= 4 is 71.3 Å². The predicted octanol–water partition coefficient (Wildman–Crippen LogP) is 6.16. The molecule has 3 heterocycles. The average molecular weight is 710 g/mol. The predicted molar refractivity (Wildman–Crippen MR) is 173 cm³/mol. The number of amides is 1. The average Bonchev–Trinajstić information content (AvgIpc) is 3.67. The largest absolute Gasteiger partial charge is 0.311 e. The lowest BCUT2D eigenvalue weighted by molar-refractivity contribution is -0.122. The van der Waals surface area contributed by atoms with Crippen LogP contribution in [0.5, 0.6) is 0 Å². The molecule has 0 spiro atoms. The topological polar surface area (TPSA) is 108 Å². The van der Waals surface area contributed by atoms with Crippen LogP contribution in [-0.4, -0.2) is 58.3 Å². The van der Waals surface area contributed by atoms with Crippen LogP contribution in [0, 0.1) is 5.82 Å². The Bertz CT molecular complexity index is 1910. The van der Waals surface area contributed by atoms with Crippen LogP contribution in [0.1, 0.15) is 30.7 Å². The van der Waals surface area contributed by atoms with Gasteiger partial charge in [-0.25, -0.2) is 9.37 Å². The van der Waals surface area contributed by atoms with Crippen molar-refractivity contribution < 1.29 is 26.0 Å². The summed E-state index contributed by atoms with van der Waals surface area (Å²) in [5.41, 5.74) is 1.54. The second-order valence-electron chi connectivity index (χ2n) is 10.8. The van der Waals surface area contributed by atoms with Crippen molar-refractivity contribution in [3.63, 3.8) is 0 Å². The minimum atomic E-state index is -4.69. The molecule has 2 saturated heterocycles. The molecule has 1 aromatic heterocycles. The van der Waals surface area contributed by atoms with Gasteiger partial charge in [-0.2, -0.15) is 16.8 Å². The van der Waals surface area contributed by atoms with Gasteiger partial charge in [-0.15, -0.1) is 15.0 Å². The van der Waals surface area contributed by atoms with Crippen molar-refractivity contribution in [2.75, 3.05) is 28.2 Å². The lowest BCUT2D eigenvalue weighted by Crippen LogP contribution is -2.46. The lowest BCUT2D eigenvalue weighted by atomic mass is 9.89. The number of likely N-dealkylation sites (tertiary alicyclic amines) is 1. The minimum absolute atomic E-state index is 0.0846. The normalized spacial score (nSPS) is 19.6. The van der Waals surface area contributed by atoms with Crippen LogP contribution in [-0.2, 0) is 24.8 Å². The van der Waals surface area contributed by atoms with Gasteiger partial charge in [0.05, 0.1) is 15.8 Å². The van der Waals surface area contributed by atoms with Gasteiger partial charge in [0, 0.05) is 40.4 Å². The number of benzene rings is 3. The Morgan fingerprint density at radius 2 is 1.49 bits per heavy atom. The van der Waals surface area contributed by atoms with E-state index >= 15 is 0 Å². The van der Waals surface area contributed by atoms with E-state index in [-0.39, 0.29) is 31.6 Å². The second kappa shape index (κ2) is 12.6. The van der Waals surface area contributed by atoms with Gasteiger partial charge in [-0.3, -0.25) is 9.69 Å².